The molecule has 5 heteroatoms. The zero-order chi connectivity index (χ0) is 10.7. The molecule has 5 N–H and O–H groups in total. The fourth-order valence-electron chi connectivity index (χ4n) is 1.46. The van der Waals surface area contributed by atoms with Crippen LogP contribution in [0.2, 0.25) is 0 Å². The van der Waals surface area contributed by atoms with Gasteiger partial charge in [0.25, 0.3) is 0 Å². The molecule has 0 aromatic heterocycles. The number of rotatable bonds is 3. The van der Waals surface area contributed by atoms with Crippen molar-refractivity contribution in [3.8, 4) is 0 Å². The number of amides is 2. The molecule has 1 saturated heterocycles. The Morgan fingerprint density at radius 3 is 2.73 bits per heavy atom. The van der Waals surface area contributed by atoms with Gasteiger partial charge in [-0.15, -0.1) is 0 Å². The topological polar surface area (TPSA) is 79.2 Å². The van der Waals surface area contributed by atoms with Crippen LogP contribution in [-0.4, -0.2) is 25.2 Å². The zero-order valence-electron chi connectivity index (χ0n) is 8.29. The molecule has 15 heavy (non-hydrogen) atoms. The van der Waals surface area contributed by atoms with Gasteiger partial charge in [0.1, 0.15) is 0 Å². The molecule has 0 atom stereocenters. The van der Waals surface area contributed by atoms with Gasteiger partial charge in [0.15, 0.2) is 0 Å². The maximum atomic E-state index is 10.7. The van der Waals surface area contributed by atoms with Crippen LogP contribution in [0.25, 0.3) is 0 Å². The van der Waals surface area contributed by atoms with Gasteiger partial charge in [-0.2, -0.15) is 0 Å². The van der Waals surface area contributed by atoms with Crippen molar-refractivity contribution in [3.63, 3.8) is 0 Å². The predicted octanol–water partition coefficient (Wildman–Crippen LogP) is 0.561. The van der Waals surface area contributed by atoms with Crippen LogP contribution in [0.15, 0.2) is 24.3 Å². The summed E-state index contributed by atoms with van der Waals surface area (Å²) in [5.41, 5.74) is 6.73. The average Bonchev–Trinajstić information content (AvgIpc) is 2.11. The van der Waals surface area contributed by atoms with Crippen LogP contribution < -0.4 is 21.7 Å². The smallest absolute Gasteiger partial charge is 0.316 e. The third kappa shape index (κ3) is 2.60. The highest BCUT2D eigenvalue weighted by Gasteiger charge is 2.15. The normalized spacial score (nSPS) is 15.5. The summed E-state index contributed by atoms with van der Waals surface area (Å²) in [4.78, 5) is 10.7. The molecule has 0 saturated carbocycles. The van der Waals surface area contributed by atoms with Crippen LogP contribution >= 0.6 is 0 Å². The molecule has 1 aromatic rings. The van der Waals surface area contributed by atoms with E-state index in [9.17, 15) is 4.79 Å². The summed E-state index contributed by atoms with van der Waals surface area (Å²) in [7, 11) is 0. The lowest BCUT2D eigenvalue weighted by Crippen LogP contribution is -2.51. The number of primary amides is 1. The molecule has 2 rings (SSSR count). The van der Waals surface area contributed by atoms with E-state index in [0.717, 1.165) is 18.8 Å². The molecule has 5 nitrogen and oxygen atoms in total. The lowest BCUT2D eigenvalue weighted by Gasteiger charge is -2.29. The molecular weight excluding hydrogens is 192 g/mol. The number of carbonyl (C=O) groups excluding carboxylic acids is 1. The number of hydrogen-bond donors (Lipinski definition) is 4. The second-order valence-electron chi connectivity index (χ2n) is 3.57. The van der Waals surface area contributed by atoms with Gasteiger partial charge in [0.05, 0.1) is 6.04 Å². The zero-order valence-corrected chi connectivity index (χ0v) is 8.29. The average molecular weight is 206 g/mol. The molecule has 1 aliphatic rings. The molecule has 0 aliphatic carbocycles. The molecule has 0 bridgehead atoms. The van der Waals surface area contributed by atoms with Gasteiger partial charge in [0, 0.05) is 24.5 Å². The van der Waals surface area contributed by atoms with Gasteiger partial charge in [-0.1, -0.05) is 6.07 Å². The van der Waals surface area contributed by atoms with Crippen LogP contribution in [0.3, 0.4) is 0 Å². The molecule has 1 aliphatic heterocycles. The van der Waals surface area contributed by atoms with Crippen LogP contribution in [0.4, 0.5) is 16.2 Å². The number of nitrogens with two attached hydrogens (primary N) is 1. The highest BCUT2D eigenvalue weighted by molar-refractivity contribution is 5.88. The van der Waals surface area contributed by atoms with Crippen molar-refractivity contribution in [2.24, 2.45) is 5.73 Å². The Kier molecular flexibility index (Phi) is 2.73. The molecule has 0 radical (unpaired) electrons. The summed E-state index contributed by atoms with van der Waals surface area (Å²) in [6.45, 7) is 1.96. The second-order valence-corrected chi connectivity index (χ2v) is 3.57. The molecule has 2 amide bonds. The van der Waals surface area contributed by atoms with Crippen molar-refractivity contribution >= 4 is 17.4 Å². The Morgan fingerprint density at radius 1 is 1.40 bits per heavy atom. The van der Waals surface area contributed by atoms with Gasteiger partial charge in [-0.3, -0.25) is 0 Å². The lowest BCUT2D eigenvalue weighted by atomic mass is 10.1. The van der Waals surface area contributed by atoms with E-state index in [4.69, 9.17) is 5.73 Å². The van der Waals surface area contributed by atoms with E-state index in [1.165, 1.54) is 0 Å². The first kappa shape index (κ1) is 9.79. The van der Waals surface area contributed by atoms with Gasteiger partial charge in [-0.05, 0) is 18.2 Å². The van der Waals surface area contributed by atoms with Crippen molar-refractivity contribution in [3.05, 3.63) is 24.3 Å². The molecule has 1 fully saturated rings. The van der Waals surface area contributed by atoms with E-state index in [-0.39, 0.29) is 0 Å². The quantitative estimate of drug-likeness (QED) is 0.583. The number of urea groups is 1. The van der Waals surface area contributed by atoms with E-state index >= 15 is 0 Å². The monoisotopic (exact) mass is 206 g/mol. The van der Waals surface area contributed by atoms with E-state index in [2.05, 4.69) is 16.0 Å². The SMILES string of the molecule is NC(=O)Nc1cccc(NC2CNC2)c1. The minimum atomic E-state index is -0.544. The summed E-state index contributed by atoms with van der Waals surface area (Å²) < 4.78 is 0. The van der Waals surface area contributed by atoms with E-state index in [0.29, 0.717) is 11.7 Å². The Morgan fingerprint density at radius 2 is 2.13 bits per heavy atom. The number of benzene rings is 1. The van der Waals surface area contributed by atoms with Crippen molar-refractivity contribution in [1.82, 2.24) is 5.32 Å². The fourth-order valence-corrected chi connectivity index (χ4v) is 1.46. The maximum Gasteiger partial charge on any atom is 0.316 e. The van der Waals surface area contributed by atoms with Gasteiger partial charge in [0.2, 0.25) is 0 Å². The summed E-state index contributed by atoms with van der Waals surface area (Å²) in [6, 6.07) is 7.44. The highest BCUT2D eigenvalue weighted by atomic mass is 16.2. The number of carbonyl (C=O) groups is 1. The number of anilines is 2. The largest absolute Gasteiger partial charge is 0.380 e. The van der Waals surface area contributed by atoms with E-state index in [1.54, 1.807) is 6.07 Å². The summed E-state index contributed by atoms with van der Waals surface area (Å²) in [5, 5.41) is 9.05. The second kappa shape index (κ2) is 4.18. The van der Waals surface area contributed by atoms with Crippen LogP contribution in [0.1, 0.15) is 0 Å². The van der Waals surface area contributed by atoms with Crippen LogP contribution in [0.5, 0.6) is 0 Å². The Labute approximate surface area is 88.0 Å². The Bertz CT molecular complexity index is 362. The van der Waals surface area contributed by atoms with E-state index < -0.39 is 6.03 Å². The Balaban J connectivity index is 2.00. The highest BCUT2D eigenvalue weighted by Crippen LogP contribution is 2.16. The molecule has 0 spiro atoms. The van der Waals surface area contributed by atoms with Gasteiger partial charge >= 0.3 is 6.03 Å². The Hall–Kier alpha value is -1.75. The predicted molar refractivity (Wildman–Crippen MR) is 59.9 cm³/mol. The van der Waals surface area contributed by atoms with Crippen molar-refractivity contribution < 1.29 is 4.79 Å². The molecule has 1 aromatic carbocycles. The number of hydrogen-bond acceptors (Lipinski definition) is 3. The van der Waals surface area contributed by atoms with Crippen molar-refractivity contribution in [2.45, 2.75) is 6.04 Å². The summed E-state index contributed by atoms with van der Waals surface area (Å²) in [5.74, 6) is 0. The van der Waals surface area contributed by atoms with Crippen molar-refractivity contribution in [2.75, 3.05) is 23.7 Å². The fraction of sp³-hybridized carbons (Fsp3) is 0.300. The first-order valence-electron chi connectivity index (χ1n) is 4.88. The third-order valence-electron chi connectivity index (χ3n) is 2.28. The first-order valence-corrected chi connectivity index (χ1v) is 4.88. The first-order chi connectivity index (χ1) is 7.24. The van der Waals surface area contributed by atoms with Crippen molar-refractivity contribution in [1.29, 1.82) is 0 Å². The van der Waals surface area contributed by atoms with E-state index in [1.807, 2.05) is 18.2 Å². The lowest BCUT2D eigenvalue weighted by molar-refractivity contribution is 0.259. The molecular formula is C10H14N4O. The molecule has 1 heterocycles. The molecule has 80 valence electrons. The minimum absolute atomic E-state index is 0.480. The van der Waals surface area contributed by atoms with Crippen LogP contribution in [0, 0.1) is 0 Å². The van der Waals surface area contributed by atoms with Gasteiger partial charge in [-0.25, -0.2) is 4.79 Å². The molecule has 0 unspecified atom stereocenters. The summed E-state index contributed by atoms with van der Waals surface area (Å²) >= 11 is 0. The van der Waals surface area contributed by atoms with Crippen LogP contribution in [-0.2, 0) is 0 Å². The third-order valence-corrected chi connectivity index (χ3v) is 2.28. The standard InChI is InChI=1S/C10H14N4O/c11-10(15)14-8-3-1-2-7(4-8)13-9-5-12-6-9/h1-4,9,12-13H,5-6H2,(H3,11,14,15). The van der Waals surface area contributed by atoms with Gasteiger partial charge < -0.3 is 21.7 Å². The minimum Gasteiger partial charge on any atom is -0.380 e. The summed E-state index contributed by atoms with van der Waals surface area (Å²) in [6.07, 6.45) is 0. The maximum absolute atomic E-state index is 10.7. The number of nitrogens with one attached hydrogen (secondary N) is 3.